The Kier molecular flexibility index (Phi) is 18.5. The molecule has 17 heteroatoms. The Labute approximate surface area is 344 Å². The van der Waals surface area contributed by atoms with Gasteiger partial charge < -0.3 is 68.1 Å². The molecule has 4 N–H and O–H groups in total. The van der Waals surface area contributed by atoms with Crippen LogP contribution in [0.25, 0.3) is 0 Å². The van der Waals surface area contributed by atoms with Crippen LogP contribution in [0.1, 0.15) is 94.9 Å². The van der Waals surface area contributed by atoms with Crippen LogP contribution < -0.4 is 0 Å². The molecule has 338 valence electrons. The first-order valence-electron chi connectivity index (χ1n) is 20.6. The van der Waals surface area contributed by atoms with Crippen molar-refractivity contribution in [3.63, 3.8) is 0 Å². The molecule has 0 aromatic carbocycles. The first kappa shape index (κ1) is 50.5. The summed E-state index contributed by atoms with van der Waals surface area (Å²) in [7, 11) is 6.68. The van der Waals surface area contributed by atoms with Crippen LogP contribution in [0.3, 0.4) is 0 Å². The highest BCUT2D eigenvalue weighted by Crippen LogP contribution is 2.40. The molecule has 58 heavy (non-hydrogen) atoms. The van der Waals surface area contributed by atoms with Crippen molar-refractivity contribution in [3.8, 4) is 0 Å². The third kappa shape index (κ3) is 11.9. The second kappa shape index (κ2) is 21.3. The van der Waals surface area contributed by atoms with Gasteiger partial charge in [-0.15, -0.1) is 0 Å². The Balaban J connectivity index is 2.22. The number of rotatable bonds is 13. The first-order chi connectivity index (χ1) is 27.0. The first-order valence-corrected chi connectivity index (χ1v) is 20.6. The molecule has 0 amide bonds. The number of ketones is 1. The molecule has 0 spiro atoms. The summed E-state index contributed by atoms with van der Waals surface area (Å²) in [6.45, 7) is 17.0. The molecule has 3 saturated heterocycles. The fraction of sp³-hybridized carbons (Fsp3) is 0.927. The van der Waals surface area contributed by atoms with Gasteiger partial charge in [0.25, 0.3) is 0 Å². The van der Waals surface area contributed by atoms with E-state index in [-0.39, 0.29) is 56.3 Å². The molecule has 0 aromatic rings. The predicted octanol–water partition coefficient (Wildman–Crippen LogP) is 2.42. The largest absolute Gasteiger partial charge is 0.459 e. The number of esters is 1. The lowest BCUT2D eigenvalue weighted by atomic mass is 9.73. The van der Waals surface area contributed by atoms with Crippen molar-refractivity contribution in [1.82, 2.24) is 4.90 Å². The lowest BCUT2D eigenvalue weighted by Gasteiger charge is -2.48. The van der Waals surface area contributed by atoms with E-state index in [1.807, 2.05) is 25.9 Å². The summed E-state index contributed by atoms with van der Waals surface area (Å²) >= 11 is 0. The van der Waals surface area contributed by atoms with Crippen molar-refractivity contribution < 1.29 is 72.7 Å². The second-order valence-corrected chi connectivity index (χ2v) is 17.5. The van der Waals surface area contributed by atoms with E-state index in [1.54, 1.807) is 62.5 Å². The topological polar surface area (TPSA) is 214 Å². The number of oxime groups is 1. The molecule has 0 aromatic heterocycles. The van der Waals surface area contributed by atoms with Gasteiger partial charge in [-0.1, -0.05) is 32.9 Å². The molecule has 3 heterocycles. The summed E-state index contributed by atoms with van der Waals surface area (Å²) in [5.41, 5.74) is -4.72. The predicted molar refractivity (Wildman–Crippen MR) is 211 cm³/mol. The molecule has 17 nitrogen and oxygen atoms in total. The van der Waals surface area contributed by atoms with Crippen LogP contribution >= 0.6 is 0 Å². The summed E-state index contributed by atoms with van der Waals surface area (Å²) < 4.78 is 47.8. The molecule has 3 fully saturated rings. The summed E-state index contributed by atoms with van der Waals surface area (Å²) in [4.78, 5) is 34.9. The number of nitrogens with zero attached hydrogens (tertiary/aromatic N) is 2. The van der Waals surface area contributed by atoms with E-state index in [1.165, 1.54) is 14.0 Å². The molecule has 17 atom stereocenters. The number of methoxy groups -OCH3 is 2. The van der Waals surface area contributed by atoms with E-state index >= 15 is 0 Å². The van der Waals surface area contributed by atoms with Crippen LogP contribution in [-0.4, -0.2) is 169 Å². The maximum absolute atomic E-state index is 14.3. The van der Waals surface area contributed by atoms with E-state index in [0.29, 0.717) is 13.0 Å². The van der Waals surface area contributed by atoms with Crippen LogP contribution in [0.4, 0.5) is 0 Å². The van der Waals surface area contributed by atoms with Crippen LogP contribution in [0.15, 0.2) is 5.16 Å². The number of ether oxygens (including phenoxy) is 8. The molecular formula is C41H74N2O15. The van der Waals surface area contributed by atoms with Gasteiger partial charge in [-0.05, 0) is 74.9 Å². The molecule has 3 rings (SSSR count). The normalized spacial score (nSPS) is 44.6. The number of likely N-dealkylation sites (N-methyl/N-ethyl adjacent to an activating group) is 1. The van der Waals surface area contributed by atoms with Gasteiger partial charge in [0.2, 0.25) is 6.79 Å². The van der Waals surface area contributed by atoms with Crippen molar-refractivity contribution in [3.05, 3.63) is 0 Å². The van der Waals surface area contributed by atoms with Crippen molar-refractivity contribution >= 4 is 17.5 Å². The standard InChI is InChI=1S/C41H74N2O15/c1-15-29-41(10,49)34(45)24(4)31(42-53-21-52-17-16-50-13)22(2)19-39(8,48)36(58-38-32(44)28(43(11)12)18-23(3)54-38)25(5)33(26(6)37(47)56-29)57-30-20-40(9,51-14)35(46)27(7)55-30/h22-30,32-34,36,38,44-45,48-49H,15-21H2,1-14H3/b42-31+/t22-,23-,24+,25+,26-,27+,28+,29-,30+,32-,33+,34-,36-,38+,39-,40-,41-/m1/s1. The molecule has 0 aliphatic carbocycles. The van der Waals surface area contributed by atoms with Crippen LogP contribution in [0.2, 0.25) is 0 Å². The minimum absolute atomic E-state index is 0.00548. The maximum atomic E-state index is 14.3. The van der Waals surface area contributed by atoms with E-state index in [0.717, 1.165) is 0 Å². The Bertz CT molecular complexity index is 1350. The summed E-state index contributed by atoms with van der Waals surface area (Å²) in [6, 6.07) is -0.336. The highest BCUT2D eigenvalue weighted by molar-refractivity contribution is 5.91. The molecule has 0 radical (unpaired) electrons. The highest BCUT2D eigenvalue weighted by Gasteiger charge is 2.53. The Hall–Kier alpha value is -1.87. The van der Waals surface area contributed by atoms with Crippen molar-refractivity contribution in [1.29, 1.82) is 0 Å². The summed E-state index contributed by atoms with van der Waals surface area (Å²) in [5.74, 6) is -4.49. The molecule has 3 aliphatic heterocycles. The average molecular weight is 835 g/mol. The van der Waals surface area contributed by atoms with Gasteiger partial charge in [-0.25, -0.2) is 0 Å². The number of cyclic esters (lactones) is 1. The Morgan fingerprint density at radius 1 is 0.914 bits per heavy atom. The Morgan fingerprint density at radius 3 is 2.16 bits per heavy atom. The molecule has 0 unspecified atom stereocenters. The average Bonchev–Trinajstić information content (AvgIpc) is 3.15. The number of carbonyl (C=O) groups excluding carboxylic acids is 2. The number of carbonyl (C=O) groups is 2. The van der Waals surface area contributed by atoms with E-state index in [2.05, 4.69) is 5.16 Å². The number of aliphatic hydroxyl groups is 4. The van der Waals surface area contributed by atoms with Crippen molar-refractivity contribution in [2.45, 2.75) is 173 Å². The number of hydrogen-bond donors (Lipinski definition) is 4. The molecule has 3 aliphatic rings. The zero-order chi connectivity index (χ0) is 43.9. The minimum atomic E-state index is -1.98. The van der Waals surface area contributed by atoms with E-state index in [9.17, 15) is 30.0 Å². The lowest BCUT2D eigenvalue weighted by molar-refractivity contribution is -0.307. The van der Waals surface area contributed by atoms with Crippen LogP contribution in [0.5, 0.6) is 0 Å². The minimum Gasteiger partial charge on any atom is -0.459 e. The van der Waals surface area contributed by atoms with E-state index < -0.39 is 95.6 Å². The van der Waals surface area contributed by atoms with Crippen LogP contribution in [0, 0.1) is 23.7 Å². The third-order valence-electron chi connectivity index (χ3n) is 12.4. The SMILES string of the molecule is CC[C@H]1OC(=O)[C@H](C)[C@@H](O[C@H]2C[C@@](C)(OC)C(=O)[C@H](C)O2)[C@H](C)[C@@H](O[C@@H]2O[C@H](C)C[C@H](N(C)C)[C@H]2O)[C@](C)(O)C[C@@H](C)/C(=N\OCOCCOC)[C@H](C)[C@@H](O)[C@]1(C)O. The highest BCUT2D eigenvalue weighted by atomic mass is 16.7. The molecule has 0 saturated carbocycles. The van der Waals surface area contributed by atoms with Gasteiger partial charge >= 0.3 is 5.97 Å². The van der Waals surface area contributed by atoms with Crippen LogP contribution in [-0.2, 0) is 52.3 Å². The van der Waals surface area contributed by atoms with E-state index in [4.69, 9.17) is 42.7 Å². The summed E-state index contributed by atoms with van der Waals surface area (Å²) in [5, 5.41) is 52.5. The third-order valence-corrected chi connectivity index (χ3v) is 12.4. The zero-order valence-electron chi connectivity index (χ0n) is 37.2. The number of Topliss-reactive ketones (excluding diaryl/α,β-unsaturated/α-hetero) is 1. The number of hydrogen-bond acceptors (Lipinski definition) is 17. The fourth-order valence-corrected chi connectivity index (χ4v) is 8.79. The maximum Gasteiger partial charge on any atom is 0.311 e. The van der Waals surface area contributed by atoms with Crippen molar-refractivity contribution in [2.75, 3.05) is 48.3 Å². The van der Waals surface area contributed by atoms with Gasteiger partial charge in [0, 0.05) is 44.4 Å². The fourth-order valence-electron chi connectivity index (χ4n) is 8.79. The quantitative estimate of drug-likeness (QED) is 0.0908. The van der Waals surface area contributed by atoms with Gasteiger partial charge in [-0.3, -0.25) is 9.59 Å². The van der Waals surface area contributed by atoms with Gasteiger partial charge in [0.1, 0.15) is 29.5 Å². The monoisotopic (exact) mass is 835 g/mol. The summed E-state index contributed by atoms with van der Waals surface area (Å²) in [6.07, 6.45) is -9.00. The van der Waals surface area contributed by atoms with Gasteiger partial charge in [-0.2, -0.15) is 0 Å². The Morgan fingerprint density at radius 2 is 1.57 bits per heavy atom. The molecule has 0 bridgehead atoms. The van der Waals surface area contributed by atoms with Gasteiger partial charge in [0.05, 0.1) is 54.9 Å². The van der Waals surface area contributed by atoms with Gasteiger partial charge in [0.15, 0.2) is 18.4 Å². The second-order valence-electron chi connectivity index (χ2n) is 17.5. The number of aliphatic hydroxyl groups excluding tert-OH is 2. The zero-order valence-corrected chi connectivity index (χ0v) is 37.2. The molecular weight excluding hydrogens is 760 g/mol. The lowest BCUT2D eigenvalue weighted by Crippen LogP contribution is -2.61. The van der Waals surface area contributed by atoms with Crippen molar-refractivity contribution in [2.24, 2.45) is 28.8 Å². The smallest absolute Gasteiger partial charge is 0.311 e.